The van der Waals surface area contributed by atoms with Crippen LogP contribution >= 0.6 is 0 Å². The maximum atomic E-state index is 10.7. The molecule has 0 aliphatic carbocycles. The van der Waals surface area contributed by atoms with E-state index < -0.39 is 0 Å². The Morgan fingerprint density at radius 2 is 2.08 bits per heavy atom. The van der Waals surface area contributed by atoms with Gasteiger partial charge in [0.05, 0.1) is 26.2 Å². The van der Waals surface area contributed by atoms with Crippen molar-refractivity contribution in [3.8, 4) is 0 Å². The van der Waals surface area contributed by atoms with Crippen molar-refractivity contribution >= 4 is 5.97 Å². The minimum Gasteiger partial charge on any atom is -0.469 e. The standard InChI is InChI=1S/C8H17NO3/c1-6(2)12-5-7(9)4-8(10)11-3/h6-7H,4-5,9H2,1-3H3. The van der Waals surface area contributed by atoms with Gasteiger partial charge in [-0.15, -0.1) is 0 Å². The van der Waals surface area contributed by atoms with Crippen molar-refractivity contribution in [2.24, 2.45) is 5.73 Å². The van der Waals surface area contributed by atoms with Crippen LogP contribution in [-0.2, 0) is 14.3 Å². The highest BCUT2D eigenvalue weighted by atomic mass is 16.5. The van der Waals surface area contributed by atoms with E-state index in [9.17, 15) is 4.79 Å². The molecular formula is C8H17NO3. The minimum absolute atomic E-state index is 0.147. The lowest BCUT2D eigenvalue weighted by Crippen LogP contribution is -2.30. The van der Waals surface area contributed by atoms with Crippen molar-refractivity contribution in [2.45, 2.75) is 32.4 Å². The lowest BCUT2D eigenvalue weighted by Gasteiger charge is -2.12. The second-order valence-electron chi connectivity index (χ2n) is 2.92. The van der Waals surface area contributed by atoms with Gasteiger partial charge in [0.1, 0.15) is 0 Å². The first-order valence-electron chi connectivity index (χ1n) is 4.00. The molecule has 1 unspecified atom stereocenters. The summed E-state index contributed by atoms with van der Waals surface area (Å²) < 4.78 is 9.67. The minimum atomic E-state index is -0.296. The summed E-state index contributed by atoms with van der Waals surface area (Å²) in [6.45, 7) is 4.24. The monoisotopic (exact) mass is 175 g/mol. The molecule has 0 saturated carbocycles. The van der Waals surface area contributed by atoms with Gasteiger partial charge in [-0.25, -0.2) is 0 Å². The Bertz CT molecular complexity index is 136. The second kappa shape index (κ2) is 5.97. The van der Waals surface area contributed by atoms with E-state index in [0.29, 0.717) is 6.61 Å². The smallest absolute Gasteiger partial charge is 0.307 e. The molecular weight excluding hydrogens is 158 g/mol. The van der Waals surface area contributed by atoms with Crippen LogP contribution in [0.3, 0.4) is 0 Å². The van der Waals surface area contributed by atoms with Crippen molar-refractivity contribution in [2.75, 3.05) is 13.7 Å². The van der Waals surface area contributed by atoms with Crippen LogP contribution < -0.4 is 5.73 Å². The highest BCUT2D eigenvalue weighted by Gasteiger charge is 2.09. The number of carbonyl (C=O) groups is 1. The molecule has 0 aromatic carbocycles. The summed E-state index contributed by atoms with van der Waals surface area (Å²) in [6.07, 6.45) is 0.358. The number of rotatable bonds is 5. The van der Waals surface area contributed by atoms with E-state index in [-0.39, 0.29) is 24.5 Å². The number of hydrogen-bond donors (Lipinski definition) is 1. The van der Waals surface area contributed by atoms with Crippen LogP contribution in [0.15, 0.2) is 0 Å². The lowest BCUT2D eigenvalue weighted by atomic mass is 10.2. The Morgan fingerprint density at radius 3 is 2.50 bits per heavy atom. The largest absolute Gasteiger partial charge is 0.469 e. The van der Waals surface area contributed by atoms with E-state index in [1.807, 2.05) is 13.8 Å². The first kappa shape index (κ1) is 11.4. The summed E-state index contributed by atoms with van der Waals surface area (Å²) in [6, 6.07) is -0.264. The van der Waals surface area contributed by atoms with E-state index in [1.165, 1.54) is 7.11 Å². The topological polar surface area (TPSA) is 61.5 Å². The fourth-order valence-electron chi connectivity index (χ4n) is 0.672. The SMILES string of the molecule is COC(=O)CC(N)COC(C)C. The van der Waals surface area contributed by atoms with Crippen LogP contribution in [0.4, 0.5) is 0 Å². The van der Waals surface area contributed by atoms with Gasteiger partial charge in [-0.1, -0.05) is 0 Å². The molecule has 0 heterocycles. The van der Waals surface area contributed by atoms with Crippen molar-refractivity contribution < 1.29 is 14.3 Å². The van der Waals surface area contributed by atoms with E-state index in [1.54, 1.807) is 0 Å². The van der Waals surface area contributed by atoms with Crippen LogP contribution in [0.5, 0.6) is 0 Å². The molecule has 0 fully saturated rings. The average molecular weight is 175 g/mol. The van der Waals surface area contributed by atoms with Gasteiger partial charge < -0.3 is 15.2 Å². The molecule has 0 aliphatic rings. The predicted molar refractivity (Wildman–Crippen MR) is 45.7 cm³/mol. The van der Waals surface area contributed by atoms with Gasteiger partial charge in [0.25, 0.3) is 0 Å². The fourth-order valence-corrected chi connectivity index (χ4v) is 0.672. The normalized spacial score (nSPS) is 13.1. The number of methoxy groups -OCH3 is 1. The molecule has 4 heteroatoms. The molecule has 1 atom stereocenters. The highest BCUT2D eigenvalue weighted by Crippen LogP contribution is 1.95. The van der Waals surface area contributed by atoms with E-state index in [2.05, 4.69) is 4.74 Å². The summed E-state index contributed by atoms with van der Waals surface area (Å²) in [4.78, 5) is 10.7. The third-order valence-electron chi connectivity index (χ3n) is 1.30. The van der Waals surface area contributed by atoms with Gasteiger partial charge in [0.2, 0.25) is 0 Å². The summed E-state index contributed by atoms with van der Waals surface area (Å²) in [7, 11) is 1.35. The van der Waals surface area contributed by atoms with Crippen molar-refractivity contribution in [3.05, 3.63) is 0 Å². The van der Waals surface area contributed by atoms with Gasteiger partial charge >= 0.3 is 5.97 Å². The summed E-state index contributed by atoms with van der Waals surface area (Å²) in [5.41, 5.74) is 5.57. The summed E-state index contributed by atoms with van der Waals surface area (Å²) in [5, 5.41) is 0. The van der Waals surface area contributed by atoms with Gasteiger partial charge in [-0.05, 0) is 13.8 Å². The van der Waals surface area contributed by atoms with Crippen molar-refractivity contribution in [1.29, 1.82) is 0 Å². The Kier molecular flexibility index (Phi) is 5.66. The Labute approximate surface area is 73.0 Å². The van der Waals surface area contributed by atoms with Gasteiger partial charge in [0.15, 0.2) is 0 Å². The van der Waals surface area contributed by atoms with Crippen LogP contribution in [0.1, 0.15) is 20.3 Å². The molecule has 0 amide bonds. The summed E-state index contributed by atoms with van der Waals surface area (Å²) >= 11 is 0. The number of carbonyl (C=O) groups excluding carboxylic acids is 1. The molecule has 0 aliphatic heterocycles. The molecule has 0 bridgehead atoms. The zero-order valence-corrected chi connectivity index (χ0v) is 7.87. The van der Waals surface area contributed by atoms with E-state index >= 15 is 0 Å². The first-order valence-corrected chi connectivity index (χ1v) is 4.00. The highest BCUT2D eigenvalue weighted by molar-refractivity contribution is 5.69. The van der Waals surface area contributed by atoms with Crippen molar-refractivity contribution in [3.63, 3.8) is 0 Å². The zero-order chi connectivity index (χ0) is 9.56. The average Bonchev–Trinajstić information content (AvgIpc) is 2.00. The molecule has 0 aromatic heterocycles. The summed E-state index contributed by atoms with van der Waals surface area (Å²) in [5.74, 6) is -0.296. The van der Waals surface area contributed by atoms with Gasteiger partial charge in [-0.3, -0.25) is 4.79 Å². The number of esters is 1. The molecule has 72 valence electrons. The van der Waals surface area contributed by atoms with Crippen LogP contribution in [-0.4, -0.2) is 31.8 Å². The molecule has 2 N–H and O–H groups in total. The fraction of sp³-hybridized carbons (Fsp3) is 0.875. The third kappa shape index (κ3) is 6.12. The molecule has 0 spiro atoms. The molecule has 0 aromatic rings. The second-order valence-corrected chi connectivity index (χ2v) is 2.92. The number of nitrogens with two attached hydrogens (primary N) is 1. The van der Waals surface area contributed by atoms with E-state index in [0.717, 1.165) is 0 Å². The van der Waals surface area contributed by atoms with Gasteiger partial charge in [-0.2, -0.15) is 0 Å². The van der Waals surface area contributed by atoms with E-state index in [4.69, 9.17) is 10.5 Å². The van der Waals surface area contributed by atoms with Crippen LogP contribution in [0.2, 0.25) is 0 Å². The molecule has 0 radical (unpaired) electrons. The predicted octanol–water partition coefficient (Wildman–Crippen LogP) is 0.302. The van der Waals surface area contributed by atoms with Crippen molar-refractivity contribution in [1.82, 2.24) is 0 Å². The van der Waals surface area contributed by atoms with Gasteiger partial charge in [0, 0.05) is 6.04 Å². The van der Waals surface area contributed by atoms with Crippen LogP contribution in [0, 0.1) is 0 Å². The Morgan fingerprint density at radius 1 is 1.50 bits per heavy atom. The zero-order valence-electron chi connectivity index (χ0n) is 7.87. The Hall–Kier alpha value is -0.610. The first-order chi connectivity index (χ1) is 5.56. The van der Waals surface area contributed by atoms with Crippen LogP contribution in [0.25, 0.3) is 0 Å². The maximum absolute atomic E-state index is 10.7. The molecule has 0 rings (SSSR count). The lowest BCUT2D eigenvalue weighted by molar-refractivity contribution is -0.141. The number of hydrogen-bond acceptors (Lipinski definition) is 4. The molecule has 12 heavy (non-hydrogen) atoms. The quantitative estimate of drug-likeness (QED) is 0.610. The number of ether oxygens (including phenoxy) is 2. The molecule has 4 nitrogen and oxygen atoms in total. The Balaban J connectivity index is 3.45. The maximum Gasteiger partial charge on any atom is 0.307 e. The molecule has 0 saturated heterocycles. The third-order valence-corrected chi connectivity index (χ3v) is 1.30.